The molecular formula is C24H29N3O4. The molecule has 0 saturated carbocycles. The first kappa shape index (κ1) is 21.3. The number of fused-ring (bicyclic) bond motifs is 5. The first-order valence-electron chi connectivity index (χ1n) is 10.6. The molecule has 0 spiro atoms. The summed E-state index contributed by atoms with van der Waals surface area (Å²) in [6.07, 6.45) is 2.52. The van der Waals surface area contributed by atoms with Crippen molar-refractivity contribution < 1.29 is 14.3 Å². The summed E-state index contributed by atoms with van der Waals surface area (Å²) in [5.41, 5.74) is 2.29. The van der Waals surface area contributed by atoms with E-state index in [1.807, 2.05) is 22.9 Å². The Hall–Kier alpha value is -2.93. The minimum absolute atomic E-state index is 0.0362. The molecule has 1 atom stereocenters. The Morgan fingerprint density at radius 1 is 1.26 bits per heavy atom. The van der Waals surface area contributed by atoms with Crippen LogP contribution >= 0.6 is 0 Å². The van der Waals surface area contributed by atoms with Crippen molar-refractivity contribution in [1.29, 1.82) is 0 Å². The number of methoxy groups -OCH3 is 1. The van der Waals surface area contributed by atoms with Gasteiger partial charge in [0.2, 0.25) is 0 Å². The first-order chi connectivity index (χ1) is 14.7. The fourth-order valence-corrected chi connectivity index (χ4v) is 4.23. The lowest BCUT2D eigenvalue weighted by molar-refractivity contribution is 0.101. The molecule has 1 aliphatic rings. The van der Waals surface area contributed by atoms with Crippen LogP contribution in [0.15, 0.2) is 35.3 Å². The van der Waals surface area contributed by atoms with Crippen LogP contribution in [0.5, 0.6) is 5.75 Å². The van der Waals surface area contributed by atoms with Gasteiger partial charge in [-0.05, 0) is 18.4 Å². The van der Waals surface area contributed by atoms with Crippen LogP contribution in [0.25, 0.3) is 22.3 Å². The highest BCUT2D eigenvalue weighted by Gasteiger charge is 2.35. The lowest BCUT2D eigenvalue weighted by atomic mass is 9.84. The smallest absolute Gasteiger partial charge is 0.193 e. The Balaban J connectivity index is 1.90. The van der Waals surface area contributed by atoms with Gasteiger partial charge >= 0.3 is 0 Å². The SMILES string of the molecule is COCCCOc1cccc2c3n(nc12)CC(C(C)(C)C)n1cc(C(C)=O)c(=O)cc1-3. The van der Waals surface area contributed by atoms with Crippen LogP contribution in [0, 0.1) is 5.41 Å². The van der Waals surface area contributed by atoms with Gasteiger partial charge in [0.1, 0.15) is 11.3 Å². The first-order valence-corrected chi connectivity index (χ1v) is 10.6. The second kappa shape index (κ2) is 7.96. The molecule has 1 aliphatic heterocycles. The van der Waals surface area contributed by atoms with Crippen molar-refractivity contribution in [3.05, 3.63) is 46.2 Å². The summed E-state index contributed by atoms with van der Waals surface area (Å²) >= 11 is 0. The number of ketones is 1. The summed E-state index contributed by atoms with van der Waals surface area (Å²) < 4.78 is 15.1. The number of benzene rings is 1. The maximum atomic E-state index is 12.7. The molecule has 1 aromatic carbocycles. The Bertz CT molecular complexity index is 1200. The van der Waals surface area contributed by atoms with E-state index in [0.29, 0.717) is 19.8 Å². The van der Waals surface area contributed by atoms with Gasteiger partial charge in [-0.25, -0.2) is 0 Å². The van der Waals surface area contributed by atoms with Crippen LogP contribution < -0.4 is 10.2 Å². The second-order valence-corrected chi connectivity index (χ2v) is 9.16. The van der Waals surface area contributed by atoms with E-state index in [1.165, 1.54) is 6.92 Å². The van der Waals surface area contributed by atoms with Crippen LogP contribution in [0.2, 0.25) is 0 Å². The summed E-state index contributed by atoms with van der Waals surface area (Å²) in [5, 5.41) is 5.81. The van der Waals surface area contributed by atoms with Crippen molar-refractivity contribution in [2.24, 2.45) is 5.41 Å². The van der Waals surface area contributed by atoms with Gasteiger partial charge in [-0.2, -0.15) is 5.10 Å². The lowest BCUT2D eigenvalue weighted by Gasteiger charge is -2.38. The van der Waals surface area contributed by atoms with Crippen LogP contribution in [0.1, 0.15) is 50.5 Å². The minimum atomic E-state index is -0.263. The molecule has 0 fully saturated rings. The minimum Gasteiger partial charge on any atom is -0.491 e. The predicted molar refractivity (Wildman–Crippen MR) is 120 cm³/mol. The van der Waals surface area contributed by atoms with Crippen LogP contribution in [-0.4, -0.2) is 40.5 Å². The van der Waals surface area contributed by atoms with Gasteiger partial charge in [0.15, 0.2) is 11.2 Å². The third kappa shape index (κ3) is 3.78. The highest BCUT2D eigenvalue weighted by molar-refractivity contribution is 5.97. The number of hydrogen-bond acceptors (Lipinski definition) is 5. The van der Waals surface area contributed by atoms with E-state index in [1.54, 1.807) is 19.4 Å². The topological polar surface area (TPSA) is 75.3 Å². The van der Waals surface area contributed by atoms with Crippen molar-refractivity contribution >= 4 is 16.7 Å². The standard InChI is InChI=1S/C24H29N3O4/c1-15(28)17-13-26-18(12-19(17)29)23-16-8-6-9-20(31-11-7-10-30-5)22(16)25-27(23)14-21(26)24(2,3)4/h6,8-9,12-13,21H,7,10-11,14H2,1-5H3. The fraction of sp³-hybridized carbons (Fsp3) is 0.458. The van der Waals surface area contributed by atoms with Crippen molar-refractivity contribution in [2.45, 2.75) is 46.7 Å². The third-order valence-corrected chi connectivity index (χ3v) is 5.87. The van der Waals surface area contributed by atoms with Crippen molar-refractivity contribution in [3.63, 3.8) is 0 Å². The Morgan fingerprint density at radius 2 is 2.03 bits per heavy atom. The second-order valence-electron chi connectivity index (χ2n) is 9.16. The molecule has 0 saturated heterocycles. The number of ether oxygens (including phenoxy) is 2. The summed E-state index contributed by atoms with van der Waals surface area (Å²) in [7, 11) is 1.67. The number of rotatable bonds is 6. The molecule has 7 heteroatoms. The fourth-order valence-electron chi connectivity index (χ4n) is 4.23. The van der Waals surface area contributed by atoms with E-state index in [9.17, 15) is 9.59 Å². The molecule has 164 valence electrons. The molecule has 0 amide bonds. The lowest BCUT2D eigenvalue weighted by Crippen LogP contribution is -2.35. The van der Waals surface area contributed by atoms with Gasteiger partial charge in [0, 0.05) is 37.8 Å². The zero-order valence-electron chi connectivity index (χ0n) is 18.8. The molecule has 31 heavy (non-hydrogen) atoms. The van der Waals surface area contributed by atoms with E-state index in [4.69, 9.17) is 14.6 Å². The summed E-state index contributed by atoms with van der Waals surface area (Å²) in [5.74, 6) is 0.501. The van der Waals surface area contributed by atoms with Gasteiger partial charge in [0.25, 0.3) is 0 Å². The Morgan fingerprint density at radius 3 is 2.71 bits per heavy atom. The maximum Gasteiger partial charge on any atom is 0.193 e. The third-order valence-electron chi connectivity index (χ3n) is 5.87. The van der Waals surface area contributed by atoms with E-state index >= 15 is 0 Å². The molecule has 2 aromatic heterocycles. The highest BCUT2D eigenvalue weighted by atomic mass is 16.5. The Kier molecular flexibility index (Phi) is 5.47. The van der Waals surface area contributed by atoms with Gasteiger partial charge in [-0.3, -0.25) is 14.3 Å². The highest BCUT2D eigenvalue weighted by Crippen LogP contribution is 2.43. The van der Waals surface area contributed by atoms with Gasteiger partial charge in [-0.1, -0.05) is 32.9 Å². The van der Waals surface area contributed by atoms with Gasteiger partial charge in [0.05, 0.1) is 36.1 Å². The number of carbonyl (C=O) groups is 1. The molecule has 0 N–H and O–H groups in total. The molecule has 3 heterocycles. The summed E-state index contributed by atoms with van der Waals surface area (Å²) in [4.78, 5) is 24.8. The summed E-state index contributed by atoms with van der Waals surface area (Å²) in [6, 6.07) is 7.48. The van der Waals surface area contributed by atoms with E-state index in [0.717, 1.165) is 34.5 Å². The van der Waals surface area contributed by atoms with Crippen molar-refractivity contribution in [2.75, 3.05) is 20.3 Å². The van der Waals surface area contributed by atoms with Crippen LogP contribution in [-0.2, 0) is 11.3 Å². The number of pyridine rings is 1. The monoisotopic (exact) mass is 423 g/mol. The van der Waals surface area contributed by atoms with Gasteiger partial charge in [-0.15, -0.1) is 0 Å². The number of aromatic nitrogens is 3. The average Bonchev–Trinajstić information content (AvgIpc) is 3.09. The molecule has 0 aliphatic carbocycles. The molecular weight excluding hydrogens is 394 g/mol. The van der Waals surface area contributed by atoms with E-state index in [2.05, 4.69) is 25.3 Å². The van der Waals surface area contributed by atoms with Crippen LogP contribution in [0.4, 0.5) is 0 Å². The van der Waals surface area contributed by atoms with E-state index in [-0.39, 0.29) is 28.2 Å². The molecule has 0 bridgehead atoms. The molecule has 0 radical (unpaired) electrons. The van der Waals surface area contributed by atoms with Crippen LogP contribution in [0.3, 0.4) is 0 Å². The quantitative estimate of drug-likeness (QED) is 0.441. The zero-order valence-corrected chi connectivity index (χ0v) is 18.8. The molecule has 4 rings (SSSR count). The number of carbonyl (C=O) groups excluding carboxylic acids is 1. The Labute approximate surface area is 181 Å². The largest absolute Gasteiger partial charge is 0.491 e. The number of hydrogen-bond donors (Lipinski definition) is 0. The normalized spacial score (nSPS) is 15.6. The molecule has 7 nitrogen and oxygen atoms in total. The van der Waals surface area contributed by atoms with E-state index < -0.39 is 0 Å². The molecule has 3 aromatic rings. The number of nitrogens with zero attached hydrogens (tertiary/aromatic N) is 3. The average molecular weight is 424 g/mol. The predicted octanol–water partition coefficient (Wildman–Crippen LogP) is 4.08. The molecule has 1 unspecified atom stereocenters. The summed E-state index contributed by atoms with van der Waals surface area (Å²) in [6.45, 7) is 9.73. The van der Waals surface area contributed by atoms with Crippen molar-refractivity contribution in [1.82, 2.24) is 14.3 Å². The van der Waals surface area contributed by atoms with Crippen molar-refractivity contribution in [3.8, 4) is 17.1 Å². The van der Waals surface area contributed by atoms with Gasteiger partial charge < -0.3 is 14.0 Å². The zero-order chi connectivity index (χ0) is 22.3. The number of Topliss-reactive ketones (excluding diaryl/α,β-unsaturated/α-hetero) is 1. The maximum absolute atomic E-state index is 12.7.